The van der Waals surface area contributed by atoms with E-state index in [-0.39, 0.29) is 24.8 Å². The van der Waals surface area contributed by atoms with Crippen molar-refractivity contribution < 1.29 is 4.74 Å². The lowest BCUT2D eigenvalue weighted by Crippen LogP contribution is -2.49. The molecule has 1 aliphatic rings. The molecule has 1 saturated heterocycles. The number of rotatable bonds is 5. The van der Waals surface area contributed by atoms with E-state index in [1.807, 2.05) is 5.51 Å². The summed E-state index contributed by atoms with van der Waals surface area (Å²) in [6.07, 6.45) is 3.66. The Balaban J connectivity index is 0.00000180. The lowest BCUT2D eigenvalue weighted by Gasteiger charge is -2.38. The van der Waals surface area contributed by atoms with E-state index in [0.29, 0.717) is 12.1 Å². The number of methoxy groups -OCH3 is 1. The molecule has 0 aliphatic carbocycles. The van der Waals surface area contributed by atoms with E-state index >= 15 is 0 Å². The average Bonchev–Trinajstić information content (AvgIpc) is 2.81. The summed E-state index contributed by atoms with van der Waals surface area (Å²) in [5.41, 5.74) is 8.99. The van der Waals surface area contributed by atoms with Crippen LogP contribution in [0.1, 0.15) is 23.4 Å². The maximum absolute atomic E-state index is 5.88. The van der Waals surface area contributed by atoms with Gasteiger partial charge in [-0.05, 0) is 26.2 Å². The van der Waals surface area contributed by atoms with Crippen LogP contribution in [0.15, 0.2) is 5.51 Å². The largest absolute Gasteiger partial charge is 0.381 e. The standard InChI is InChI=1S/C13H23N3OS.2ClH/c1-10-13(18-9-15-10)4-6-16-5-3-12(17-2)7-11(16)8-14;;/h9,11-12H,3-8,14H2,1-2H3;2*1H. The molecule has 1 aliphatic heterocycles. The summed E-state index contributed by atoms with van der Waals surface area (Å²) in [5.74, 6) is 0. The zero-order valence-corrected chi connectivity index (χ0v) is 14.5. The van der Waals surface area contributed by atoms with Gasteiger partial charge in [0.15, 0.2) is 0 Å². The third kappa shape index (κ3) is 5.13. The quantitative estimate of drug-likeness (QED) is 0.892. The molecule has 4 nitrogen and oxygen atoms in total. The Morgan fingerprint density at radius 1 is 1.50 bits per heavy atom. The third-order valence-electron chi connectivity index (χ3n) is 3.87. The number of piperidine rings is 1. The second-order valence-corrected chi connectivity index (χ2v) is 5.86. The molecular formula is C13H25Cl2N3OS. The molecular weight excluding hydrogens is 317 g/mol. The van der Waals surface area contributed by atoms with Crippen molar-refractivity contribution in [3.05, 3.63) is 16.1 Å². The fraction of sp³-hybridized carbons (Fsp3) is 0.769. The van der Waals surface area contributed by atoms with Crippen LogP contribution in [0.3, 0.4) is 0 Å². The van der Waals surface area contributed by atoms with Crippen LogP contribution in [-0.4, -0.2) is 48.8 Å². The van der Waals surface area contributed by atoms with Crippen LogP contribution >= 0.6 is 36.2 Å². The predicted octanol–water partition coefficient (Wildman–Crippen LogP) is 2.28. The fourth-order valence-corrected chi connectivity index (χ4v) is 3.40. The van der Waals surface area contributed by atoms with Crippen LogP contribution in [0, 0.1) is 6.92 Å². The molecule has 0 radical (unpaired) electrons. The summed E-state index contributed by atoms with van der Waals surface area (Å²) < 4.78 is 5.45. The number of aryl methyl sites for hydroxylation is 1. The number of likely N-dealkylation sites (tertiary alicyclic amines) is 1. The number of thiazole rings is 1. The lowest BCUT2D eigenvalue weighted by molar-refractivity contribution is 0.0138. The summed E-state index contributed by atoms with van der Waals surface area (Å²) >= 11 is 1.76. The number of halogens is 2. The van der Waals surface area contributed by atoms with E-state index < -0.39 is 0 Å². The summed E-state index contributed by atoms with van der Waals surface area (Å²) in [5, 5.41) is 0. The summed E-state index contributed by atoms with van der Waals surface area (Å²) in [4.78, 5) is 8.21. The predicted molar refractivity (Wildman–Crippen MR) is 89.5 cm³/mol. The van der Waals surface area contributed by atoms with E-state index in [1.165, 1.54) is 10.6 Å². The number of hydrogen-bond donors (Lipinski definition) is 1. The molecule has 2 atom stereocenters. The summed E-state index contributed by atoms with van der Waals surface area (Å²) in [7, 11) is 1.80. The molecule has 2 rings (SSSR count). The van der Waals surface area contributed by atoms with Crippen molar-refractivity contribution in [3.8, 4) is 0 Å². The molecule has 0 bridgehead atoms. The first-order chi connectivity index (χ1) is 8.74. The Kier molecular flexibility index (Phi) is 9.97. The van der Waals surface area contributed by atoms with E-state index in [0.717, 1.165) is 38.9 Å². The normalized spacial score (nSPS) is 22.9. The maximum atomic E-state index is 5.88. The topological polar surface area (TPSA) is 51.4 Å². The van der Waals surface area contributed by atoms with Gasteiger partial charge in [0, 0.05) is 37.7 Å². The number of ether oxygens (including phenoxy) is 1. The van der Waals surface area contributed by atoms with Gasteiger partial charge in [0.25, 0.3) is 0 Å². The summed E-state index contributed by atoms with van der Waals surface area (Å²) in [6.45, 7) is 4.99. The van der Waals surface area contributed by atoms with Gasteiger partial charge in [0.2, 0.25) is 0 Å². The Morgan fingerprint density at radius 2 is 2.25 bits per heavy atom. The third-order valence-corrected chi connectivity index (χ3v) is 4.86. The van der Waals surface area contributed by atoms with Gasteiger partial charge in [0.05, 0.1) is 17.3 Å². The van der Waals surface area contributed by atoms with Crippen molar-refractivity contribution in [2.24, 2.45) is 5.73 Å². The smallest absolute Gasteiger partial charge is 0.0797 e. The Morgan fingerprint density at radius 3 is 2.80 bits per heavy atom. The molecule has 1 fully saturated rings. The Labute approximate surface area is 137 Å². The van der Waals surface area contributed by atoms with Crippen LogP contribution in [0.2, 0.25) is 0 Å². The zero-order chi connectivity index (χ0) is 13.0. The molecule has 0 spiro atoms. The second-order valence-electron chi connectivity index (χ2n) is 4.92. The number of nitrogens with zero attached hydrogens (tertiary/aromatic N) is 2. The van der Waals surface area contributed by atoms with Crippen molar-refractivity contribution in [2.75, 3.05) is 26.7 Å². The van der Waals surface area contributed by atoms with Crippen molar-refractivity contribution in [3.63, 3.8) is 0 Å². The lowest BCUT2D eigenvalue weighted by atomic mass is 9.99. The molecule has 1 aromatic heterocycles. The van der Waals surface area contributed by atoms with E-state index in [4.69, 9.17) is 10.5 Å². The molecule has 7 heteroatoms. The first-order valence-corrected chi connectivity index (χ1v) is 7.48. The highest BCUT2D eigenvalue weighted by atomic mass is 35.5. The molecule has 20 heavy (non-hydrogen) atoms. The molecule has 1 aromatic rings. The molecule has 0 saturated carbocycles. The molecule has 2 heterocycles. The highest BCUT2D eigenvalue weighted by Crippen LogP contribution is 2.20. The minimum atomic E-state index is 0. The SMILES string of the molecule is COC1CCN(CCc2scnc2C)C(CN)C1.Cl.Cl. The average molecular weight is 342 g/mol. The monoisotopic (exact) mass is 341 g/mol. The van der Waals surface area contributed by atoms with Crippen LogP contribution in [-0.2, 0) is 11.2 Å². The molecule has 2 unspecified atom stereocenters. The van der Waals surface area contributed by atoms with Crippen LogP contribution in [0.25, 0.3) is 0 Å². The van der Waals surface area contributed by atoms with Gasteiger partial charge in [-0.1, -0.05) is 0 Å². The summed E-state index contributed by atoms with van der Waals surface area (Å²) in [6, 6.07) is 0.469. The van der Waals surface area contributed by atoms with Gasteiger partial charge >= 0.3 is 0 Å². The van der Waals surface area contributed by atoms with Crippen LogP contribution in [0.5, 0.6) is 0 Å². The molecule has 0 aromatic carbocycles. The number of nitrogens with two attached hydrogens (primary N) is 1. The van der Waals surface area contributed by atoms with Gasteiger partial charge < -0.3 is 10.5 Å². The first-order valence-electron chi connectivity index (χ1n) is 6.60. The first kappa shape index (κ1) is 20.1. The fourth-order valence-electron chi connectivity index (χ4n) is 2.63. The number of aromatic nitrogens is 1. The molecule has 118 valence electrons. The van der Waals surface area contributed by atoms with Gasteiger partial charge in [-0.2, -0.15) is 0 Å². The molecule has 0 amide bonds. The highest BCUT2D eigenvalue weighted by molar-refractivity contribution is 7.09. The highest BCUT2D eigenvalue weighted by Gasteiger charge is 2.27. The van der Waals surface area contributed by atoms with Crippen LogP contribution < -0.4 is 5.73 Å². The van der Waals surface area contributed by atoms with Crippen molar-refractivity contribution in [1.29, 1.82) is 0 Å². The van der Waals surface area contributed by atoms with Crippen molar-refractivity contribution in [1.82, 2.24) is 9.88 Å². The van der Waals surface area contributed by atoms with Crippen LogP contribution in [0.4, 0.5) is 0 Å². The van der Waals surface area contributed by atoms with Crippen molar-refractivity contribution >= 4 is 36.2 Å². The minimum Gasteiger partial charge on any atom is -0.381 e. The van der Waals surface area contributed by atoms with E-state index in [1.54, 1.807) is 18.4 Å². The van der Waals surface area contributed by atoms with Gasteiger partial charge in [-0.25, -0.2) is 4.98 Å². The Bertz CT molecular complexity index is 378. The van der Waals surface area contributed by atoms with E-state index in [9.17, 15) is 0 Å². The Hall–Kier alpha value is 0.0900. The van der Waals surface area contributed by atoms with E-state index in [2.05, 4.69) is 16.8 Å². The minimum absolute atomic E-state index is 0. The molecule has 2 N–H and O–H groups in total. The zero-order valence-electron chi connectivity index (χ0n) is 12.1. The van der Waals surface area contributed by atoms with Gasteiger partial charge in [-0.3, -0.25) is 4.90 Å². The van der Waals surface area contributed by atoms with Crippen molar-refractivity contribution in [2.45, 2.75) is 38.3 Å². The van der Waals surface area contributed by atoms with Gasteiger partial charge in [-0.15, -0.1) is 36.2 Å². The second kappa shape index (κ2) is 9.92. The maximum Gasteiger partial charge on any atom is 0.0797 e. The van der Waals surface area contributed by atoms with Gasteiger partial charge in [0.1, 0.15) is 0 Å². The number of hydrogen-bond acceptors (Lipinski definition) is 5.